The van der Waals surface area contributed by atoms with Crippen LogP contribution in [0.1, 0.15) is 20.7 Å². The molecule has 0 saturated heterocycles. The normalized spacial score (nSPS) is 10.8. The molecule has 14 heteroatoms. The lowest BCUT2D eigenvalue weighted by atomic mass is 10.1. The standard InChI is InChI=1S/C8H6O4.2C3H9O4P/c9-7(10)5-1-2-6(4-3-5)8(11)12;2*1-5-8(4,6-2)7-3/h1-4H,(H,9,10)(H,11,12);2*1-3H3. The van der Waals surface area contributed by atoms with Crippen molar-refractivity contribution < 1.29 is 56.1 Å². The van der Waals surface area contributed by atoms with E-state index in [4.69, 9.17) is 10.2 Å². The number of hydrogen-bond donors (Lipinski definition) is 2. The van der Waals surface area contributed by atoms with E-state index in [1.54, 1.807) is 0 Å². The minimum Gasteiger partial charge on any atom is -0.478 e. The average molecular weight is 446 g/mol. The summed E-state index contributed by atoms with van der Waals surface area (Å²) in [5.41, 5.74) is 0.167. The number of carboxylic acids is 2. The van der Waals surface area contributed by atoms with Crippen LogP contribution in [-0.2, 0) is 36.3 Å². The van der Waals surface area contributed by atoms with Crippen LogP contribution in [0, 0.1) is 0 Å². The molecular formula is C14H24O12P2. The molecule has 28 heavy (non-hydrogen) atoms. The van der Waals surface area contributed by atoms with Crippen molar-refractivity contribution in [3.63, 3.8) is 0 Å². The Balaban J connectivity index is 0. The van der Waals surface area contributed by atoms with Crippen LogP contribution < -0.4 is 0 Å². The molecule has 0 spiro atoms. The highest BCUT2D eigenvalue weighted by Crippen LogP contribution is 2.46. The van der Waals surface area contributed by atoms with E-state index < -0.39 is 27.6 Å². The SMILES string of the molecule is COP(=O)(OC)OC.COP(=O)(OC)OC.O=C(O)c1ccc(C(=O)O)cc1. The van der Waals surface area contributed by atoms with E-state index in [1.807, 2.05) is 0 Å². The van der Waals surface area contributed by atoms with Gasteiger partial charge < -0.3 is 10.2 Å². The van der Waals surface area contributed by atoms with Gasteiger partial charge >= 0.3 is 27.6 Å². The summed E-state index contributed by atoms with van der Waals surface area (Å²) >= 11 is 0. The molecule has 0 fully saturated rings. The first kappa shape index (κ1) is 28.6. The van der Waals surface area contributed by atoms with Gasteiger partial charge in [-0.05, 0) is 24.3 Å². The molecule has 162 valence electrons. The van der Waals surface area contributed by atoms with E-state index >= 15 is 0 Å². The number of hydrogen-bond acceptors (Lipinski definition) is 10. The smallest absolute Gasteiger partial charge is 0.473 e. The van der Waals surface area contributed by atoms with Gasteiger partial charge in [0, 0.05) is 42.7 Å². The van der Waals surface area contributed by atoms with Crippen LogP contribution >= 0.6 is 15.6 Å². The second kappa shape index (κ2) is 14.4. The highest BCUT2D eigenvalue weighted by atomic mass is 31.2. The van der Waals surface area contributed by atoms with E-state index in [0.717, 1.165) is 0 Å². The molecule has 0 heterocycles. The van der Waals surface area contributed by atoms with Crippen LogP contribution in [-0.4, -0.2) is 64.8 Å². The van der Waals surface area contributed by atoms with Gasteiger partial charge in [-0.3, -0.25) is 27.1 Å². The third-order valence-corrected chi connectivity index (χ3v) is 5.40. The summed E-state index contributed by atoms with van der Waals surface area (Å²) in [5.74, 6) is -2.13. The number of benzene rings is 1. The Bertz CT molecular complexity index is 591. The monoisotopic (exact) mass is 446 g/mol. The van der Waals surface area contributed by atoms with Crippen molar-refractivity contribution in [3.05, 3.63) is 35.4 Å². The zero-order valence-corrected chi connectivity index (χ0v) is 18.0. The summed E-state index contributed by atoms with van der Waals surface area (Å²) in [6.07, 6.45) is 0. The third kappa shape index (κ3) is 11.3. The number of phosphoric ester groups is 2. The molecule has 2 N–H and O–H groups in total. The lowest BCUT2D eigenvalue weighted by molar-refractivity contribution is 0.0681. The highest BCUT2D eigenvalue weighted by molar-refractivity contribution is 7.48. The zero-order valence-electron chi connectivity index (χ0n) is 16.2. The maximum absolute atomic E-state index is 10.7. The van der Waals surface area contributed by atoms with E-state index in [-0.39, 0.29) is 11.1 Å². The molecule has 1 rings (SSSR count). The van der Waals surface area contributed by atoms with Crippen LogP contribution in [0.3, 0.4) is 0 Å². The van der Waals surface area contributed by atoms with Crippen molar-refractivity contribution in [2.24, 2.45) is 0 Å². The van der Waals surface area contributed by atoms with Crippen molar-refractivity contribution >= 4 is 27.6 Å². The Hall–Kier alpha value is -1.62. The van der Waals surface area contributed by atoms with Gasteiger partial charge in [-0.2, -0.15) is 0 Å². The van der Waals surface area contributed by atoms with Crippen molar-refractivity contribution in [3.8, 4) is 0 Å². The molecule has 12 nitrogen and oxygen atoms in total. The van der Waals surface area contributed by atoms with Gasteiger partial charge in [0.25, 0.3) is 0 Å². The van der Waals surface area contributed by atoms with Crippen molar-refractivity contribution in [1.29, 1.82) is 0 Å². The minimum absolute atomic E-state index is 0.0833. The second-order valence-corrected chi connectivity index (χ2v) is 8.16. The first-order valence-electron chi connectivity index (χ1n) is 7.09. The molecule has 0 bridgehead atoms. The molecule has 0 atom stereocenters. The summed E-state index contributed by atoms with van der Waals surface area (Å²) in [4.78, 5) is 20.7. The van der Waals surface area contributed by atoms with Crippen LogP contribution in [0.5, 0.6) is 0 Å². The molecule has 0 aliphatic heterocycles. The minimum atomic E-state index is -3.16. The first-order chi connectivity index (χ1) is 13.0. The fraction of sp³-hybridized carbons (Fsp3) is 0.429. The summed E-state index contributed by atoms with van der Waals surface area (Å²) < 4.78 is 47.4. The number of carboxylic acid groups (broad SMARTS) is 2. The topological polar surface area (TPSA) is 164 Å². The van der Waals surface area contributed by atoms with Crippen LogP contribution in [0.15, 0.2) is 24.3 Å². The van der Waals surface area contributed by atoms with Crippen LogP contribution in [0.2, 0.25) is 0 Å². The predicted octanol–water partition coefficient (Wildman–Crippen LogP) is 3.15. The first-order valence-corrected chi connectivity index (χ1v) is 10.0. The molecule has 0 aromatic heterocycles. The van der Waals surface area contributed by atoms with Gasteiger partial charge in [-0.15, -0.1) is 0 Å². The molecular weight excluding hydrogens is 422 g/mol. The Labute approximate surface area is 162 Å². The molecule has 0 saturated carbocycles. The van der Waals surface area contributed by atoms with E-state index in [0.29, 0.717) is 0 Å². The quantitative estimate of drug-likeness (QED) is 0.561. The largest absolute Gasteiger partial charge is 0.478 e. The number of carbonyl (C=O) groups is 2. The molecule has 0 aliphatic carbocycles. The summed E-state index contributed by atoms with van der Waals surface area (Å²) in [7, 11) is 1.22. The van der Waals surface area contributed by atoms with Crippen molar-refractivity contribution in [2.75, 3.05) is 42.7 Å². The third-order valence-electron chi connectivity index (χ3n) is 2.72. The van der Waals surface area contributed by atoms with E-state index in [2.05, 4.69) is 27.1 Å². The molecule has 0 unspecified atom stereocenters. The van der Waals surface area contributed by atoms with E-state index in [9.17, 15) is 18.7 Å². The van der Waals surface area contributed by atoms with Crippen LogP contribution in [0.25, 0.3) is 0 Å². The van der Waals surface area contributed by atoms with Gasteiger partial charge in [0.2, 0.25) is 0 Å². The van der Waals surface area contributed by atoms with Crippen molar-refractivity contribution in [2.45, 2.75) is 0 Å². The zero-order chi connectivity index (χ0) is 22.4. The van der Waals surface area contributed by atoms with Gasteiger partial charge in [0.05, 0.1) is 11.1 Å². The number of aromatic carboxylic acids is 2. The van der Waals surface area contributed by atoms with Crippen LogP contribution in [0.4, 0.5) is 0 Å². The van der Waals surface area contributed by atoms with Gasteiger partial charge in [0.1, 0.15) is 0 Å². The maximum Gasteiger partial charge on any atom is 0.473 e. The Morgan fingerprint density at radius 1 is 0.607 bits per heavy atom. The molecule has 1 aromatic rings. The van der Waals surface area contributed by atoms with Gasteiger partial charge in [-0.25, -0.2) is 18.7 Å². The summed E-state index contributed by atoms with van der Waals surface area (Å²) in [6.45, 7) is 0. The molecule has 0 aliphatic rings. The van der Waals surface area contributed by atoms with Gasteiger partial charge in [-0.1, -0.05) is 0 Å². The highest BCUT2D eigenvalue weighted by Gasteiger charge is 2.19. The fourth-order valence-corrected chi connectivity index (χ4v) is 2.10. The summed E-state index contributed by atoms with van der Waals surface area (Å²) in [6, 6.07) is 5.02. The Morgan fingerprint density at radius 3 is 0.857 bits per heavy atom. The Kier molecular flexibility index (Phi) is 14.7. The van der Waals surface area contributed by atoms with Crippen molar-refractivity contribution in [1.82, 2.24) is 0 Å². The second-order valence-electron chi connectivity index (χ2n) is 4.18. The van der Waals surface area contributed by atoms with Gasteiger partial charge in [0.15, 0.2) is 0 Å². The Morgan fingerprint density at radius 2 is 0.786 bits per heavy atom. The summed E-state index contributed by atoms with van der Waals surface area (Å²) in [5, 5.41) is 16.9. The average Bonchev–Trinajstić information content (AvgIpc) is 2.73. The lowest BCUT2D eigenvalue weighted by Crippen LogP contribution is -1.99. The molecule has 1 aromatic carbocycles. The number of phosphoric acid groups is 2. The molecule has 0 radical (unpaired) electrons. The fourth-order valence-electron chi connectivity index (χ4n) is 1.20. The predicted molar refractivity (Wildman–Crippen MR) is 97.6 cm³/mol. The van der Waals surface area contributed by atoms with E-state index in [1.165, 1.54) is 66.9 Å². The maximum atomic E-state index is 10.7. The lowest BCUT2D eigenvalue weighted by Gasteiger charge is -2.08. The molecule has 0 amide bonds. The number of rotatable bonds is 8.